The standard InChI is InChI=1S/C15H30/c1-5-7-13-8-10-14(6-2)15(11-9-13)12(3)4/h12-15H,5-11H2,1-4H3. The van der Waals surface area contributed by atoms with E-state index in [1.54, 1.807) is 0 Å². The van der Waals surface area contributed by atoms with Gasteiger partial charge in [-0.25, -0.2) is 0 Å². The molecule has 90 valence electrons. The van der Waals surface area contributed by atoms with Gasteiger partial charge in [-0.1, -0.05) is 59.8 Å². The summed E-state index contributed by atoms with van der Waals surface area (Å²) in [4.78, 5) is 0. The molecule has 1 saturated carbocycles. The second-order valence-corrected chi connectivity index (χ2v) is 5.89. The highest BCUT2D eigenvalue weighted by atomic mass is 14.3. The zero-order valence-corrected chi connectivity index (χ0v) is 11.3. The van der Waals surface area contributed by atoms with Crippen LogP contribution in [0.1, 0.15) is 72.6 Å². The molecule has 0 spiro atoms. The lowest BCUT2D eigenvalue weighted by atomic mass is 9.79. The van der Waals surface area contributed by atoms with E-state index in [9.17, 15) is 0 Å². The van der Waals surface area contributed by atoms with E-state index >= 15 is 0 Å². The van der Waals surface area contributed by atoms with Crippen molar-refractivity contribution in [1.82, 2.24) is 0 Å². The molecule has 0 amide bonds. The smallest absolute Gasteiger partial charge is 0.0363 e. The number of hydrogen-bond acceptors (Lipinski definition) is 0. The quantitative estimate of drug-likeness (QED) is 0.554. The first-order valence-corrected chi connectivity index (χ1v) is 7.19. The van der Waals surface area contributed by atoms with E-state index in [4.69, 9.17) is 0 Å². The first-order chi connectivity index (χ1) is 7.19. The van der Waals surface area contributed by atoms with E-state index < -0.39 is 0 Å². The van der Waals surface area contributed by atoms with Crippen molar-refractivity contribution in [3.8, 4) is 0 Å². The maximum absolute atomic E-state index is 2.42. The predicted octanol–water partition coefficient (Wildman–Crippen LogP) is 5.28. The molecule has 0 heterocycles. The Labute approximate surface area is 96.8 Å². The molecule has 15 heavy (non-hydrogen) atoms. The van der Waals surface area contributed by atoms with E-state index in [2.05, 4.69) is 27.7 Å². The van der Waals surface area contributed by atoms with Crippen molar-refractivity contribution in [3.63, 3.8) is 0 Å². The molecule has 0 N–H and O–H groups in total. The molecule has 3 unspecified atom stereocenters. The van der Waals surface area contributed by atoms with E-state index in [1.807, 2.05) is 0 Å². The minimum atomic E-state index is 0.898. The summed E-state index contributed by atoms with van der Waals surface area (Å²) in [6, 6.07) is 0. The SMILES string of the molecule is CCCC1CCC(CC)C(C(C)C)CC1. The lowest BCUT2D eigenvalue weighted by Crippen LogP contribution is -2.18. The van der Waals surface area contributed by atoms with Gasteiger partial charge in [-0.2, -0.15) is 0 Å². The fraction of sp³-hybridized carbons (Fsp3) is 1.00. The topological polar surface area (TPSA) is 0 Å². The Morgan fingerprint density at radius 1 is 1.00 bits per heavy atom. The molecule has 1 aliphatic carbocycles. The third-order valence-corrected chi connectivity index (χ3v) is 4.54. The minimum Gasteiger partial charge on any atom is -0.0654 e. The highest BCUT2D eigenvalue weighted by molar-refractivity contribution is 4.78. The van der Waals surface area contributed by atoms with Crippen LogP contribution in [0.5, 0.6) is 0 Å². The summed E-state index contributed by atoms with van der Waals surface area (Å²) in [7, 11) is 0. The fourth-order valence-electron chi connectivity index (χ4n) is 3.55. The molecule has 0 aromatic heterocycles. The second kappa shape index (κ2) is 6.55. The maximum Gasteiger partial charge on any atom is -0.0363 e. The van der Waals surface area contributed by atoms with E-state index in [1.165, 1.54) is 44.9 Å². The molecule has 3 atom stereocenters. The maximum atomic E-state index is 2.42. The Kier molecular flexibility index (Phi) is 5.71. The van der Waals surface area contributed by atoms with Crippen LogP contribution in [0.15, 0.2) is 0 Å². The molecule has 0 saturated heterocycles. The Hall–Kier alpha value is 0. The molecule has 0 bridgehead atoms. The lowest BCUT2D eigenvalue weighted by molar-refractivity contribution is 0.232. The third-order valence-electron chi connectivity index (χ3n) is 4.54. The molecule has 0 aromatic carbocycles. The molecule has 0 heteroatoms. The average molecular weight is 210 g/mol. The van der Waals surface area contributed by atoms with Crippen LogP contribution in [0, 0.1) is 23.7 Å². The van der Waals surface area contributed by atoms with Crippen LogP contribution in [0.4, 0.5) is 0 Å². The normalized spacial score (nSPS) is 33.0. The Morgan fingerprint density at radius 2 is 1.67 bits per heavy atom. The van der Waals surface area contributed by atoms with Gasteiger partial charge in [0.2, 0.25) is 0 Å². The lowest BCUT2D eigenvalue weighted by Gasteiger charge is -2.27. The molecule has 0 aromatic rings. The molecule has 0 nitrogen and oxygen atoms in total. The Morgan fingerprint density at radius 3 is 2.20 bits per heavy atom. The highest BCUT2D eigenvalue weighted by Crippen LogP contribution is 2.38. The van der Waals surface area contributed by atoms with Crippen molar-refractivity contribution < 1.29 is 0 Å². The summed E-state index contributed by atoms with van der Waals surface area (Å²) >= 11 is 0. The van der Waals surface area contributed by atoms with Crippen LogP contribution >= 0.6 is 0 Å². The summed E-state index contributed by atoms with van der Waals surface area (Å²) < 4.78 is 0. The molecule has 1 rings (SSSR count). The summed E-state index contributed by atoms with van der Waals surface area (Å²) in [5.74, 6) is 3.98. The molecule has 1 aliphatic rings. The summed E-state index contributed by atoms with van der Waals surface area (Å²) in [5.41, 5.74) is 0. The van der Waals surface area contributed by atoms with Crippen LogP contribution in [0.2, 0.25) is 0 Å². The van der Waals surface area contributed by atoms with Crippen LogP contribution in [0.3, 0.4) is 0 Å². The number of hydrogen-bond donors (Lipinski definition) is 0. The van der Waals surface area contributed by atoms with Crippen molar-refractivity contribution in [1.29, 1.82) is 0 Å². The van der Waals surface area contributed by atoms with Crippen molar-refractivity contribution in [2.75, 3.05) is 0 Å². The van der Waals surface area contributed by atoms with E-state index in [0.717, 1.165) is 23.7 Å². The van der Waals surface area contributed by atoms with Gasteiger partial charge in [-0.3, -0.25) is 0 Å². The third kappa shape index (κ3) is 3.81. The summed E-state index contributed by atoms with van der Waals surface area (Å²) in [6.07, 6.45) is 10.3. The Bertz CT molecular complexity index is 159. The molecule has 1 fully saturated rings. The van der Waals surface area contributed by atoms with Crippen molar-refractivity contribution in [2.24, 2.45) is 23.7 Å². The van der Waals surface area contributed by atoms with Gasteiger partial charge in [-0.05, 0) is 36.5 Å². The van der Waals surface area contributed by atoms with Gasteiger partial charge in [0, 0.05) is 0 Å². The van der Waals surface area contributed by atoms with E-state index in [0.29, 0.717) is 0 Å². The van der Waals surface area contributed by atoms with E-state index in [-0.39, 0.29) is 0 Å². The summed E-state index contributed by atoms with van der Waals surface area (Å²) in [6.45, 7) is 9.57. The minimum absolute atomic E-state index is 0.898. The predicted molar refractivity (Wildman–Crippen MR) is 69.0 cm³/mol. The molecular formula is C15H30. The van der Waals surface area contributed by atoms with Crippen molar-refractivity contribution in [2.45, 2.75) is 72.6 Å². The van der Waals surface area contributed by atoms with Gasteiger partial charge < -0.3 is 0 Å². The first kappa shape index (κ1) is 13.1. The molecular weight excluding hydrogens is 180 g/mol. The Balaban J connectivity index is 2.52. The van der Waals surface area contributed by atoms with Gasteiger partial charge in [0.1, 0.15) is 0 Å². The van der Waals surface area contributed by atoms with Gasteiger partial charge in [-0.15, -0.1) is 0 Å². The van der Waals surface area contributed by atoms with Crippen molar-refractivity contribution in [3.05, 3.63) is 0 Å². The molecule has 0 aliphatic heterocycles. The van der Waals surface area contributed by atoms with Gasteiger partial charge in [0.15, 0.2) is 0 Å². The zero-order chi connectivity index (χ0) is 11.3. The highest BCUT2D eigenvalue weighted by Gasteiger charge is 2.27. The van der Waals surface area contributed by atoms with Gasteiger partial charge in [0.05, 0.1) is 0 Å². The average Bonchev–Trinajstić information content (AvgIpc) is 2.40. The fourth-order valence-corrected chi connectivity index (χ4v) is 3.55. The zero-order valence-electron chi connectivity index (χ0n) is 11.3. The van der Waals surface area contributed by atoms with Crippen LogP contribution in [0.25, 0.3) is 0 Å². The van der Waals surface area contributed by atoms with Crippen LogP contribution in [-0.2, 0) is 0 Å². The number of rotatable bonds is 4. The van der Waals surface area contributed by atoms with Crippen LogP contribution in [-0.4, -0.2) is 0 Å². The second-order valence-electron chi connectivity index (χ2n) is 5.89. The first-order valence-electron chi connectivity index (χ1n) is 7.19. The summed E-state index contributed by atoms with van der Waals surface area (Å²) in [5, 5.41) is 0. The largest absolute Gasteiger partial charge is 0.0654 e. The van der Waals surface area contributed by atoms with Gasteiger partial charge in [0.25, 0.3) is 0 Å². The van der Waals surface area contributed by atoms with Gasteiger partial charge >= 0.3 is 0 Å². The molecule has 0 radical (unpaired) electrons. The monoisotopic (exact) mass is 210 g/mol. The van der Waals surface area contributed by atoms with Crippen molar-refractivity contribution >= 4 is 0 Å². The van der Waals surface area contributed by atoms with Crippen LogP contribution < -0.4 is 0 Å².